The van der Waals surface area contributed by atoms with E-state index in [0.717, 1.165) is 23.4 Å². The SMILES string of the molecule is N#CCOc1ccc(/C=C/C(=O)Nc2nnc(C3CC3)s2)cc1. The summed E-state index contributed by atoms with van der Waals surface area (Å²) in [6, 6.07) is 9.03. The topological polar surface area (TPSA) is 87.9 Å². The highest BCUT2D eigenvalue weighted by Crippen LogP contribution is 2.41. The van der Waals surface area contributed by atoms with Crippen LogP contribution in [0.3, 0.4) is 0 Å². The van der Waals surface area contributed by atoms with Gasteiger partial charge in [0.25, 0.3) is 0 Å². The Balaban J connectivity index is 1.53. The highest BCUT2D eigenvalue weighted by molar-refractivity contribution is 7.15. The largest absolute Gasteiger partial charge is 0.479 e. The molecule has 0 atom stereocenters. The summed E-state index contributed by atoms with van der Waals surface area (Å²) in [4.78, 5) is 11.9. The van der Waals surface area contributed by atoms with E-state index in [-0.39, 0.29) is 12.5 Å². The predicted octanol–water partition coefficient (Wildman–Crippen LogP) is 2.97. The van der Waals surface area contributed by atoms with E-state index in [1.807, 2.05) is 18.2 Å². The van der Waals surface area contributed by atoms with Gasteiger partial charge in [-0.05, 0) is 36.6 Å². The number of ether oxygens (including phenoxy) is 1. The minimum Gasteiger partial charge on any atom is -0.479 e. The van der Waals surface area contributed by atoms with Crippen molar-refractivity contribution in [3.63, 3.8) is 0 Å². The van der Waals surface area contributed by atoms with Gasteiger partial charge < -0.3 is 4.74 Å². The number of nitrogens with zero attached hydrogens (tertiary/aromatic N) is 3. The zero-order chi connectivity index (χ0) is 16.1. The molecular weight excluding hydrogens is 312 g/mol. The van der Waals surface area contributed by atoms with Crippen LogP contribution in [0.1, 0.15) is 29.3 Å². The molecule has 1 N–H and O–H groups in total. The van der Waals surface area contributed by atoms with E-state index in [0.29, 0.717) is 16.8 Å². The Morgan fingerprint density at radius 1 is 1.39 bits per heavy atom. The number of carbonyl (C=O) groups excluding carboxylic acids is 1. The number of benzene rings is 1. The zero-order valence-corrected chi connectivity index (χ0v) is 13.0. The highest BCUT2D eigenvalue weighted by atomic mass is 32.1. The van der Waals surface area contributed by atoms with E-state index < -0.39 is 0 Å². The Kier molecular flexibility index (Phi) is 4.64. The first-order valence-corrected chi connectivity index (χ1v) is 7.98. The van der Waals surface area contributed by atoms with Gasteiger partial charge in [0.15, 0.2) is 6.61 Å². The quantitative estimate of drug-likeness (QED) is 0.825. The Bertz CT molecular complexity index is 757. The molecule has 6 nitrogen and oxygen atoms in total. The average Bonchev–Trinajstić information content (AvgIpc) is 3.32. The molecule has 1 aromatic heterocycles. The smallest absolute Gasteiger partial charge is 0.250 e. The fourth-order valence-corrected chi connectivity index (χ4v) is 2.81. The number of rotatable bonds is 6. The van der Waals surface area contributed by atoms with Gasteiger partial charge in [0.05, 0.1) is 0 Å². The van der Waals surface area contributed by atoms with Gasteiger partial charge in [-0.25, -0.2) is 0 Å². The monoisotopic (exact) mass is 326 g/mol. The lowest BCUT2D eigenvalue weighted by Gasteiger charge is -2.01. The minimum atomic E-state index is -0.242. The molecule has 3 rings (SSSR count). The van der Waals surface area contributed by atoms with Crippen LogP contribution in [-0.2, 0) is 4.79 Å². The maximum atomic E-state index is 11.9. The standard InChI is InChI=1S/C16H14N4O2S/c17-9-10-22-13-6-1-11(2-7-13)3-8-14(21)18-16-20-19-15(23-16)12-4-5-12/h1-3,6-8,12H,4-5,10H2,(H,18,20,21)/b8-3+. The Labute approximate surface area is 137 Å². The van der Waals surface area contributed by atoms with Crippen LogP contribution in [0, 0.1) is 11.3 Å². The summed E-state index contributed by atoms with van der Waals surface area (Å²) in [5, 5.41) is 20.7. The van der Waals surface area contributed by atoms with Gasteiger partial charge in [0.2, 0.25) is 11.0 Å². The Hall–Kier alpha value is -2.72. The average molecular weight is 326 g/mol. The van der Waals surface area contributed by atoms with Crippen molar-refractivity contribution in [2.24, 2.45) is 0 Å². The van der Waals surface area contributed by atoms with Crippen LogP contribution in [0.2, 0.25) is 0 Å². The van der Waals surface area contributed by atoms with Crippen molar-refractivity contribution in [2.45, 2.75) is 18.8 Å². The lowest BCUT2D eigenvalue weighted by Crippen LogP contribution is -2.07. The van der Waals surface area contributed by atoms with Gasteiger partial charge in [-0.1, -0.05) is 23.5 Å². The molecule has 7 heteroatoms. The first kappa shape index (κ1) is 15.2. The van der Waals surface area contributed by atoms with E-state index in [1.165, 1.54) is 17.4 Å². The van der Waals surface area contributed by atoms with Gasteiger partial charge in [0.1, 0.15) is 16.8 Å². The lowest BCUT2D eigenvalue weighted by molar-refractivity contribution is -0.111. The predicted molar refractivity (Wildman–Crippen MR) is 87.1 cm³/mol. The van der Waals surface area contributed by atoms with E-state index in [4.69, 9.17) is 10.00 Å². The van der Waals surface area contributed by atoms with Crippen LogP contribution in [0.5, 0.6) is 5.75 Å². The summed E-state index contributed by atoms with van der Waals surface area (Å²) >= 11 is 1.43. The van der Waals surface area contributed by atoms with Crippen molar-refractivity contribution in [1.29, 1.82) is 5.26 Å². The van der Waals surface area contributed by atoms with E-state index in [1.54, 1.807) is 18.2 Å². The summed E-state index contributed by atoms with van der Waals surface area (Å²) in [6.07, 6.45) is 5.47. The molecule has 1 amide bonds. The van der Waals surface area contributed by atoms with Crippen molar-refractivity contribution in [2.75, 3.05) is 11.9 Å². The number of nitrogens with one attached hydrogen (secondary N) is 1. The van der Waals surface area contributed by atoms with Crippen molar-refractivity contribution in [3.8, 4) is 11.8 Å². The normalized spacial score (nSPS) is 13.7. The Morgan fingerprint density at radius 3 is 2.87 bits per heavy atom. The van der Waals surface area contributed by atoms with Gasteiger partial charge >= 0.3 is 0 Å². The molecule has 0 radical (unpaired) electrons. The van der Waals surface area contributed by atoms with Crippen LogP contribution in [0.25, 0.3) is 6.08 Å². The van der Waals surface area contributed by atoms with Crippen LogP contribution >= 0.6 is 11.3 Å². The number of hydrogen-bond acceptors (Lipinski definition) is 6. The van der Waals surface area contributed by atoms with Gasteiger partial charge in [0, 0.05) is 12.0 Å². The second-order valence-corrected chi connectivity index (χ2v) is 6.07. The molecule has 0 bridgehead atoms. The third-order valence-electron chi connectivity index (χ3n) is 3.21. The van der Waals surface area contributed by atoms with Crippen molar-refractivity contribution in [3.05, 3.63) is 40.9 Å². The third-order valence-corrected chi connectivity index (χ3v) is 4.21. The van der Waals surface area contributed by atoms with Crippen molar-refractivity contribution in [1.82, 2.24) is 10.2 Å². The van der Waals surface area contributed by atoms with Gasteiger partial charge in [-0.2, -0.15) is 5.26 Å². The fraction of sp³-hybridized carbons (Fsp3) is 0.250. The molecule has 1 aliphatic rings. The molecule has 0 unspecified atom stereocenters. The number of nitriles is 1. The van der Waals surface area contributed by atoms with Crippen LogP contribution in [-0.4, -0.2) is 22.7 Å². The Morgan fingerprint density at radius 2 is 2.17 bits per heavy atom. The van der Waals surface area contributed by atoms with Gasteiger partial charge in [-0.15, -0.1) is 10.2 Å². The van der Waals surface area contributed by atoms with Crippen LogP contribution < -0.4 is 10.1 Å². The molecule has 23 heavy (non-hydrogen) atoms. The fourth-order valence-electron chi connectivity index (χ4n) is 1.89. The third kappa shape index (κ3) is 4.37. The number of carbonyl (C=O) groups is 1. The lowest BCUT2D eigenvalue weighted by atomic mass is 10.2. The summed E-state index contributed by atoms with van der Waals surface area (Å²) < 4.78 is 5.16. The number of anilines is 1. The van der Waals surface area contributed by atoms with Gasteiger partial charge in [-0.3, -0.25) is 10.1 Å². The molecule has 1 heterocycles. The second kappa shape index (κ2) is 7.03. The zero-order valence-electron chi connectivity index (χ0n) is 12.2. The van der Waals surface area contributed by atoms with Crippen LogP contribution in [0.15, 0.2) is 30.3 Å². The molecule has 1 aliphatic carbocycles. The maximum Gasteiger partial charge on any atom is 0.250 e. The molecule has 116 valence electrons. The van der Waals surface area contributed by atoms with Crippen molar-refractivity contribution >= 4 is 28.5 Å². The first-order valence-electron chi connectivity index (χ1n) is 7.17. The summed E-state index contributed by atoms with van der Waals surface area (Å²) in [5.74, 6) is 0.915. The number of aromatic nitrogens is 2. The molecule has 0 spiro atoms. The maximum absolute atomic E-state index is 11.9. The summed E-state index contributed by atoms with van der Waals surface area (Å²) in [6.45, 7) is 0.0162. The van der Waals surface area contributed by atoms with Crippen molar-refractivity contribution < 1.29 is 9.53 Å². The first-order chi connectivity index (χ1) is 11.2. The van der Waals surface area contributed by atoms with Crippen LogP contribution in [0.4, 0.5) is 5.13 Å². The molecule has 1 aromatic carbocycles. The molecule has 1 fully saturated rings. The summed E-state index contributed by atoms with van der Waals surface area (Å²) in [7, 11) is 0. The number of hydrogen-bond donors (Lipinski definition) is 1. The van der Waals surface area contributed by atoms with E-state index >= 15 is 0 Å². The molecule has 0 aliphatic heterocycles. The van der Waals surface area contributed by atoms with E-state index in [2.05, 4.69) is 15.5 Å². The molecule has 1 saturated carbocycles. The molecular formula is C16H14N4O2S. The molecule has 2 aromatic rings. The van der Waals surface area contributed by atoms with E-state index in [9.17, 15) is 4.79 Å². The highest BCUT2D eigenvalue weighted by Gasteiger charge is 2.27. The molecule has 0 saturated heterocycles. The minimum absolute atomic E-state index is 0.0162. The number of amides is 1. The summed E-state index contributed by atoms with van der Waals surface area (Å²) in [5.41, 5.74) is 0.861. The second-order valence-electron chi connectivity index (χ2n) is 5.06.